The number of carboxylic acid groups (broad SMARTS) is 1. The largest absolute Gasteiger partial charge is 0.477 e. The van der Waals surface area contributed by atoms with Crippen LogP contribution in [0.2, 0.25) is 0 Å². The van der Waals surface area contributed by atoms with E-state index >= 15 is 0 Å². The van der Waals surface area contributed by atoms with E-state index in [1.165, 1.54) is 4.90 Å². The number of hydrogen-bond donors (Lipinski definition) is 2. The number of nitrogens with zero attached hydrogens (tertiary/aromatic N) is 3. The average Bonchev–Trinajstić information content (AvgIpc) is 2.35. The zero-order valence-corrected chi connectivity index (χ0v) is 10.3. The topological polar surface area (TPSA) is 126 Å². The number of carboxylic acids is 1. The van der Waals surface area contributed by atoms with Gasteiger partial charge in [-0.2, -0.15) is 0 Å². The molecule has 102 valence electrons. The number of nitro groups is 1. The molecule has 0 aliphatic rings. The first-order chi connectivity index (χ1) is 8.82. The predicted molar refractivity (Wildman–Crippen MR) is 65.0 cm³/mol. The molecule has 0 saturated heterocycles. The molecule has 0 saturated carbocycles. The monoisotopic (exact) mass is 268 g/mol. The maximum absolute atomic E-state index is 11.3. The number of likely N-dealkylation sites (N-methyl/N-ethyl adjacent to an activating group) is 1. The molecule has 1 aromatic heterocycles. The standard InChI is InChI=1S/C10H12N4O5/c1-13(2)9(15)5-12-8-3-6(10(16)17)7(4-11-8)14(18)19/h3-4H,5H2,1-2H3,(H,11,12)(H,16,17). The summed E-state index contributed by atoms with van der Waals surface area (Å²) in [5.74, 6) is -1.59. The lowest BCUT2D eigenvalue weighted by molar-refractivity contribution is -0.385. The van der Waals surface area contributed by atoms with Gasteiger partial charge in [-0.05, 0) is 0 Å². The maximum Gasteiger partial charge on any atom is 0.342 e. The summed E-state index contributed by atoms with van der Waals surface area (Å²) in [7, 11) is 3.13. The number of carbonyl (C=O) groups is 2. The highest BCUT2D eigenvalue weighted by Gasteiger charge is 2.21. The van der Waals surface area contributed by atoms with Crippen molar-refractivity contribution in [2.75, 3.05) is 26.0 Å². The first-order valence-corrected chi connectivity index (χ1v) is 5.14. The van der Waals surface area contributed by atoms with Crippen molar-refractivity contribution in [3.05, 3.63) is 27.9 Å². The number of aromatic carboxylic acids is 1. The van der Waals surface area contributed by atoms with E-state index in [9.17, 15) is 19.7 Å². The molecule has 0 bridgehead atoms. The average molecular weight is 268 g/mol. The lowest BCUT2D eigenvalue weighted by Crippen LogP contribution is -2.28. The Kier molecular flexibility index (Phi) is 4.35. The summed E-state index contributed by atoms with van der Waals surface area (Å²) in [6.07, 6.45) is 0.839. The van der Waals surface area contributed by atoms with Gasteiger partial charge >= 0.3 is 11.7 Å². The summed E-state index contributed by atoms with van der Waals surface area (Å²) in [5, 5.41) is 22.1. The van der Waals surface area contributed by atoms with E-state index < -0.39 is 22.1 Å². The van der Waals surface area contributed by atoms with Gasteiger partial charge in [-0.1, -0.05) is 0 Å². The molecule has 0 unspecified atom stereocenters. The van der Waals surface area contributed by atoms with Crippen LogP contribution in [0.25, 0.3) is 0 Å². The van der Waals surface area contributed by atoms with Gasteiger partial charge in [0, 0.05) is 20.2 Å². The van der Waals surface area contributed by atoms with Crippen molar-refractivity contribution in [1.29, 1.82) is 0 Å². The fourth-order valence-corrected chi connectivity index (χ4v) is 1.19. The molecule has 19 heavy (non-hydrogen) atoms. The molecule has 0 aliphatic heterocycles. The third kappa shape index (κ3) is 3.63. The van der Waals surface area contributed by atoms with Crippen LogP contribution in [-0.2, 0) is 4.79 Å². The van der Waals surface area contributed by atoms with E-state index in [1.54, 1.807) is 14.1 Å². The Morgan fingerprint density at radius 2 is 2.16 bits per heavy atom. The Bertz CT molecular complexity index is 529. The normalized spacial score (nSPS) is 9.79. The van der Waals surface area contributed by atoms with Crippen molar-refractivity contribution in [2.24, 2.45) is 0 Å². The van der Waals surface area contributed by atoms with Crippen LogP contribution >= 0.6 is 0 Å². The van der Waals surface area contributed by atoms with Crippen molar-refractivity contribution < 1.29 is 19.6 Å². The first kappa shape index (κ1) is 14.4. The summed E-state index contributed by atoms with van der Waals surface area (Å²) >= 11 is 0. The van der Waals surface area contributed by atoms with Crippen LogP contribution in [0.5, 0.6) is 0 Å². The quantitative estimate of drug-likeness (QED) is 0.576. The molecular formula is C10H12N4O5. The van der Waals surface area contributed by atoms with Crippen LogP contribution in [0.3, 0.4) is 0 Å². The van der Waals surface area contributed by atoms with Crippen molar-refractivity contribution in [3.8, 4) is 0 Å². The molecule has 0 fully saturated rings. The molecule has 1 aromatic rings. The minimum Gasteiger partial charge on any atom is -0.477 e. The molecule has 0 aromatic carbocycles. The van der Waals surface area contributed by atoms with Gasteiger partial charge in [0.2, 0.25) is 5.91 Å². The van der Waals surface area contributed by atoms with Crippen LogP contribution in [0.1, 0.15) is 10.4 Å². The Morgan fingerprint density at radius 1 is 1.53 bits per heavy atom. The number of amides is 1. The smallest absolute Gasteiger partial charge is 0.342 e. The van der Waals surface area contributed by atoms with Gasteiger partial charge in [0.1, 0.15) is 17.6 Å². The molecular weight excluding hydrogens is 256 g/mol. The van der Waals surface area contributed by atoms with Gasteiger partial charge in [-0.15, -0.1) is 0 Å². The van der Waals surface area contributed by atoms with Gasteiger partial charge in [0.05, 0.1) is 11.5 Å². The third-order valence-corrected chi connectivity index (χ3v) is 2.23. The molecule has 2 N–H and O–H groups in total. The van der Waals surface area contributed by atoms with Gasteiger partial charge in [-0.3, -0.25) is 14.9 Å². The molecule has 1 amide bonds. The Labute approximate surface area is 108 Å². The fraction of sp³-hybridized carbons (Fsp3) is 0.300. The van der Waals surface area contributed by atoms with Crippen LogP contribution in [0, 0.1) is 10.1 Å². The minimum absolute atomic E-state index is 0.0817. The molecule has 0 aliphatic carbocycles. The number of rotatable bonds is 5. The molecule has 0 atom stereocenters. The van der Waals surface area contributed by atoms with Crippen molar-refractivity contribution in [2.45, 2.75) is 0 Å². The number of pyridine rings is 1. The summed E-state index contributed by atoms with van der Waals surface area (Å²) < 4.78 is 0. The Hall–Kier alpha value is -2.71. The van der Waals surface area contributed by atoms with E-state index in [-0.39, 0.29) is 18.3 Å². The van der Waals surface area contributed by atoms with Gasteiger partial charge in [-0.25, -0.2) is 9.78 Å². The van der Waals surface area contributed by atoms with E-state index in [1.807, 2.05) is 0 Å². The highest BCUT2D eigenvalue weighted by atomic mass is 16.6. The van der Waals surface area contributed by atoms with Crippen LogP contribution < -0.4 is 5.32 Å². The minimum atomic E-state index is -1.43. The molecule has 1 rings (SSSR count). The second-order valence-electron chi connectivity index (χ2n) is 3.79. The van der Waals surface area contributed by atoms with Gasteiger partial charge in [0.25, 0.3) is 0 Å². The van der Waals surface area contributed by atoms with Crippen LogP contribution in [-0.4, -0.2) is 52.4 Å². The van der Waals surface area contributed by atoms with E-state index in [4.69, 9.17) is 5.11 Å². The van der Waals surface area contributed by atoms with Crippen molar-refractivity contribution in [1.82, 2.24) is 9.88 Å². The zero-order chi connectivity index (χ0) is 14.6. The number of anilines is 1. The number of hydrogen-bond acceptors (Lipinski definition) is 6. The van der Waals surface area contributed by atoms with Gasteiger partial charge < -0.3 is 15.3 Å². The second kappa shape index (κ2) is 5.76. The zero-order valence-electron chi connectivity index (χ0n) is 10.3. The van der Waals surface area contributed by atoms with Crippen molar-refractivity contribution >= 4 is 23.4 Å². The highest BCUT2D eigenvalue weighted by Crippen LogP contribution is 2.20. The highest BCUT2D eigenvalue weighted by molar-refractivity contribution is 5.93. The lowest BCUT2D eigenvalue weighted by atomic mass is 10.2. The Morgan fingerprint density at radius 3 is 2.63 bits per heavy atom. The van der Waals surface area contributed by atoms with Gasteiger partial charge in [0.15, 0.2) is 0 Å². The number of carbonyl (C=O) groups excluding carboxylic acids is 1. The molecule has 0 spiro atoms. The first-order valence-electron chi connectivity index (χ1n) is 5.14. The number of nitrogens with one attached hydrogen (secondary N) is 1. The summed E-state index contributed by atoms with van der Waals surface area (Å²) in [6.45, 7) is -0.0864. The molecule has 9 heteroatoms. The van der Waals surface area contributed by atoms with E-state index in [0.29, 0.717) is 0 Å². The summed E-state index contributed by atoms with van der Waals surface area (Å²) in [6, 6.07) is 1.02. The maximum atomic E-state index is 11.3. The van der Waals surface area contributed by atoms with Crippen molar-refractivity contribution in [3.63, 3.8) is 0 Å². The van der Waals surface area contributed by atoms with E-state index in [2.05, 4.69) is 10.3 Å². The van der Waals surface area contributed by atoms with Crippen LogP contribution in [0.4, 0.5) is 11.5 Å². The lowest BCUT2D eigenvalue weighted by Gasteiger charge is -2.11. The van der Waals surface area contributed by atoms with Crippen LogP contribution in [0.15, 0.2) is 12.3 Å². The number of aromatic nitrogens is 1. The third-order valence-electron chi connectivity index (χ3n) is 2.23. The second-order valence-corrected chi connectivity index (χ2v) is 3.79. The summed E-state index contributed by atoms with van der Waals surface area (Å²) in [4.78, 5) is 37.0. The predicted octanol–water partition coefficient (Wildman–Crippen LogP) is 0.188. The Balaban J connectivity index is 2.93. The van der Waals surface area contributed by atoms with E-state index in [0.717, 1.165) is 12.3 Å². The SMILES string of the molecule is CN(C)C(=O)CNc1cc(C(=O)O)c([N+](=O)[O-])cn1. The fourth-order valence-electron chi connectivity index (χ4n) is 1.19. The molecule has 1 heterocycles. The summed E-state index contributed by atoms with van der Waals surface area (Å²) in [5.41, 5.74) is -1.09. The molecule has 9 nitrogen and oxygen atoms in total. The molecule has 0 radical (unpaired) electrons.